The second kappa shape index (κ2) is 4.92. The van der Waals surface area contributed by atoms with Crippen LogP contribution >= 0.6 is 11.8 Å². The van der Waals surface area contributed by atoms with Crippen molar-refractivity contribution in [2.75, 3.05) is 18.2 Å². The van der Waals surface area contributed by atoms with Crippen LogP contribution in [0.5, 0.6) is 0 Å². The molecule has 2 amide bonds. The van der Waals surface area contributed by atoms with Crippen molar-refractivity contribution in [3.63, 3.8) is 0 Å². The summed E-state index contributed by atoms with van der Waals surface area (Å²) in [6.45, 7) is 0.300. The summed E-state index contributed by atoms with van der Waals surface area (Å²) >= 11 is 1.50. The van der Waals surface area contributed by atoms with E-state index < -0.39 is 0 Å². The van der Waals surface area contributed by atoms with Gasteiger partial charge in [-0.2, -0.15) is 5.21 Å². The van der Waals surface area contributed by atoms with Crippen molar-refractivity contribution in [1.29, 1.82) is 0 Å². The number of aromatic nitrogens is 4. The number of H-pyrrole nitrogens is 1. The molecule has 0 saturated carbocycles. The predicted octanol–water partition coefficient (Wildman–Crippen LogP) is -1.65. The van der Waals surface area contributed by atoms with Crippen LogP contribution in [-0.2, 0) is 16.1 Å². The first kappa shape index (κ1) is 10.9. The lowest BCUT2D eigenvalue weighted by Crippen LogP contribution is -2.38. The molecule has 1 aliphatic rings. The number of amides is 2. The van der Waals surface area contributed by atoms with Gasteiger partial charge in [0.2, 0.25) is 11.8 Å². The topological polar surface area (TPSA) is 104 Å². The van der Waals surface area contributed by atoms with Crippen LogP contribution in [0.25, 0.3) is 0 Å². The average molecular weight is 242 g/mol. The second-order valence-corrected chi connectivity index (χ2v) is 4.13. The molecular weight excluding hydrogens is 232 g/mol. The molecule has 0 aliphatic carbocycles. The fourth-order valence-corrected chi connectivity index (χ4v) is 2.11. The summed E-state index contributed by atoms with van der Waals surface area (Å²) in [6, 6.07) is 0. The van der Waals surface area contributed by atoms with E-state index in [1.165, 1.54) is 16.7 Å². The average Bonchev–Trinajstić information content (AvgIpc) is 2.88. The van der Waals surface area contributed by atoms with E-state index >= 15 is 0 Å². The van der Waals surface area contributed by atoms with E-state index in [1.807, 2.05) is 0 Å². The Hall–Kier alpha value is -1.64. The molecule has 0 unspecified atom stereocenters. The molecule has 0 bridgehead atoms. The van der Waals surface area contributed by atoms with E-state index in [-0.39, 0.29) is 24.9 Å². The standard InChI is InChI=1S/C7H10N6O2S/c14-6(2-13-4-16-3-7(13)15)8-1-5-9-11-12-10-5/h1-4H2,(H,8,14)(H,9,10,11,12). The molecule has 16 heavy (non-hydrogen) atoms. The van der Waals surface area contributed by atoms with E-state index in [9.17, 15) is 9.59 Å². The Bertz CT molecular complexity index is 380. The molecule has 1 saturated heterocycles. The van der Waals surface area contributed by atoms with Gasteiger partial charge in [0.15, 0.2) is 5.82 Å². The Morgan fingerprint density at radius 2 is 2.50 bits per heavy atom. The van der Waals surface area contributed by atoms with Crippen molar-refractivity contribution >= 4 is 23.6 Å². The van der Waals surface area contributed by atoms with Crippen molar-refractivity contribution < 1.29 is 9.59 Å². The number of tetrazole rings is 1. The number of nitrogens with one attached hydrogen (secondary N) is 2. The molecule has 0 radical (unpaired) electrons. The number of thioether (sulfide) groups is 1. The number of nitrogens with zero attached hydrogens (tertiary/aromatic N) is 4. The van der Waals surface area contributed by atoms with Crippen LogP contribution in [0.2, 0.25) is 0 Å². The predicted molar refractivity (Wildman–Crippen MR) is 55.1 cm³/mol. The Morgan fingerprint density at radius 1 is 1.62 bits per heavy atom. The highest BCUT2D eigenvalue weighted by molar-refractivity contribution is 8.00. The number of rotatable bonds is 4. The zero-order chi connectivity index (χ0) is 11.4. The summed E-state index contributed by atoms with van der Waals surface area (Å²) in [7, 11) is 0. The first-order valence-corrected chi connectivity index (χ1v) is 5.76. The monoisotopic (exact) mass is 242 g/mol. The lowest BCUT2D eigenvalue weighted by atomic mass is 10.4. The maximum absolute atomic E-state index is 11.4. The molecule has 86 valence electrons. The van der Waals surface area contributed by atoms with Crippen LogP contribution in [0.3, 0.4) is 0 Å². The van der Waals surface area contributed by atoms with Gasteiger partial charge in [0.1, 0.15) is 6.54 Å². The van der Waals surface area contributed by atoms with Crippen molar-refractivity contribution in [3.05, 3.63) is 5.82 Å². The lowest BCUT2D eigenvalue weighted by Gasteiger charge is -2.13. The van der Waals surface area contributed by atoms with Gasteiger partial charge in [0.05, 0.1) is 18.2 Å². The minimum atomic E-state index is -0.222. The highest BCUT2D eigenvalue weighted by Crippen LogP contribution is 2.13. The van der Waals surface area contributed by atoms with Gasteiger partial charge in [-0.3, -0.25) is 9.59 Å². The van der Waals surface area contributed by atoms with Crippen molar-refractivity contribution in [3.8, 4) is 0 Å². The van der Waals surface area contributed by atoms with E-state index in [0.29, 0.717) is 17.5 Å². The molecule has 1 aromatic heterocycles. The molecule has 1 aromatic rings. The summed E-state index contributed by atoms with van der Waals surface area (Å²) in [5, 5.41) is 15.6. The van der Waals surface area contributed by atoms with E-state index in [4.69, 9.17) is 0 Å². The van der Waals surface area contributed by atoms with Crippen LogP contribution in [-0.4, -0.2) is 55.5 Å². The van der Waals surface area contributed by atoms with Gasteiger partial charge in [0.25, 0.3) is 0 Å². The zero-order valence-electron chi connectivity index (χ0n) is 8.34. The number of hydrogen-bond donors (Lipinski definition) is 2. The van der Waals surface area contributed by atoms with Gasteiger partial charge < -0.3 is 10.2 Å². The van der Waals surface area contributed by atoms with Gasteiger partial charge in [-0.15, -0.1) is 22.0 Å². The van der Waals surface area contributed by atoms with Gasteiger partial charge in [-0.05, 0) is 0 Å². The zero-order valence-corrected chi connectivity index (χ0v) is 9.16. The maximum Gasteiger partial charge on any atom is 0.240 e. The van der Waals surface area contributed by atoms with Crippen LogP contribution in [0, 0.1) is 0 Å². The van der Waals surface area contributed by atoms with E-state index in [0.717, 1.165) is 0 Å². The molecule has 0 spiro atoms. The van der Waals surface area contributed by atoms with Crippen molar-refractivity contribution in [2.45, 2.75) is 6.54 Å². The molecule has 2 rings (SSSR count). The normalized spacial score (nSPS) is 15.5. The molecule has 2 heterocycles. The summed E-state index contributed by atoms with van der Waals surface area (Å²) in [6.07, 6.45) is 0. The Labute approximate surface area is 95.1 Å². The largest absolute Gasteiger partial charge is 0.347 e. The maximum atomic E-state index is 11.4. The first-order chi connectivity index (χ1) is 7.75. The third kappa shape index (κ3) is 2.69. The Kier molecular flexibility index (Phi) is 3.34. The Morgan fingerprint density at radius 3 is 3.12 bits per heavy atom. The highest BCUT2D eigenvalue weighted by Gasteiger charge is 2.22. The summed E-state index contributed by atoms with van der Waals surface area (Å²) in [4.78, 5) is 24.2. The third-order valence-corrected chi connectivity index (χ3v) is 2.94. The number of carbonyl (C=O) groups excluding carboxylic acids is 2. The van der Waals surface area contributed by atoms with Crippen LogP contribution < -0.4 is 5.32 Å². The quantitative estimate of drug-likeness (QED) is 0.655. The summed E-state index contributed by atoms with van der Waals surface area (Å²) < 4.78 is 0. The van der Waals surface area contributed by atoms with Crippen molar-refractivity contribution in [2.24, 2.45) is 0 Å². The molecule has 1 aliphatic heterocycles. The fraction of sp³-hybridized carbons (Fsp3) is 0.571. The molecule has 0 atom stereocenters. The van der Waals surface area contributed by atoms with Gasteiger partial charge in [0, 0.05) is 0 Å². The number of carbonyl (C=O) groups is 2. The second-order valence-electron chi connectivity index (χ2n) is 3.17. The van der Waals surface area contributed by atoms with Gasteiger partial charge in [-0.25, -0.2) is 0 Å². The summed E-state index contributed by atoms with van der Waals surface area (Å²) in [5.41, 5.74) is 0. The number of aromatic amines is 1. The lowest BCUT2D eigenvalue weighted by molar-refractivity contribution is -0.132. The molecule has 1 fully saturated rings. The Balaban J connectivity index is 1.74. The molecule has 8 nitrogen and oxygen atoms in total. The first-order valence-electron chi connectivity index (χ1n) is 4.60. The van der Waals surface area contributed by atoms with E-state index in [2.05, 4.69) is 25.9 Å². The SMILES string of the molecule is O=C(CN1CSCC1=O)NCc1nn[nH]n1. The summed E-state index contributed by atoms with van der Waals surface area (Å²) in [5.74, 6) is 1.22. The third-order valence-electron chi connectivity index (χ3n) is 1.99. The molecule has 9 heteroatoms. The van der Waals surface area contributed by atoms with Crippen LogP contribution in [0.15, 0.2) is 0 Å². The van der Waals surface area contributed by atoms with Crippen LogP contribution in [0.4, 0.5) is 0 Å². The highest BCUT2D eigenvalue weighted by atomic mass is 32.2. The minimum Gasteiger partial charge on any atom is -0.347 e. The van der Waals surface area contributed by atoms with E-state index in [1.54, 1.807) is 0 Å². The molecule has 0 aromatic carbocycles. The van der Waals surface area contributed by atoms with Crippen LogP contribution in [0.1, 0.15) is 5.82 Å². The smallest absolute Gasteiger partial charge is 0.240 e. The minimum absolute atomic E-state index is 0.000267. The fourth-order valence-electron chi connectivity index (χ4n) is 1.20. The molecule has 2 N–H and O–H groups in total. The van der Waals surface area contributed by atoms with Gasteiger partial charge >= 0.3 is 0 Å². The number of hydrogen-bond acceptors (Lipinski definition) is 6. The van der Waals surface area contributed by atoms with Crippen molar-refractivity contribution in [1.82, 2.24) is 30.8 Å². The molecular formula is C7H10N6O2S. The van der Waals surface area contributed by atoms with Gasteiger partial charge in [-0.1, -0.05) is 5.21 Å².